The van der Waals surface area contributed by atoms with Crippen LogP contribution >= 0.6 is 11.3 Å². The molecule has 5 nitrogen and oxygen atoms in total. The number of rotatable bonds is 4. The van der Waals surface area contributed by atoms with E-state index in [-0.39, 0.29) is 11.5 Å². The Bertz CT molecular complexity index is 749. The van der Waals surface area contributed by atoms with E-state index in [2.05, 4.69) is 16.9 Å². The Morgan fingerprint density at radius 1 is 1.45 bits per heavy atom. The molecule has 3 aromatic rings. The minimum absolute atomic E-state index is 0.239. The molecule has 0 saturated carbocycles. The number of para-hydroxylation sites is 1. The maximum atomic E-state index is 11.2. The monoisotopic (exact) mass is 287 g/mol. The minimum Gasteiger partial charge on any atom is -0.478 e. The van der Waals surface area contributed by atoms with Gasteiger partial charge in [0.2, 0.25) is 0 Å². The van der Waals surface area contributed by atoms with Crippen molar-refractivity contribution < 1.29 is 9.90 Å². The summed E-state index contributed by atoms with van der Waals surface area (Å²) in [6.07, 6.45) is 3.49. The molecule has 1 unspecified atom stereocenters. The third-order valence-corrected chi connectivity index (χ3v) is 4.23. The van der Waals surface area contributed by atoms with Crippen LogP contribution in [0, 0.1) is 0 Å². The van der Waals surface area contributed by atoms with Gasteiger partial charge in [0, 0.05) is 24.0 Å². The van der Waals surface area contributed by atoms with Gasteiger partial charge >= 0.3 is 5.97 Å². The topological polar surface area (TPSA) is 68.0 Å². The molecule has 0 aliphatic heterocycles. The van der Waals surface area contributed by atoms with E-state index in [1.165, 1.54) is 0 Å². The predicted molar refractivity (Wildman–Crippen MR) is 77.2 cm³/mol. The van der Waals surface area contributed by atoms with Gasteiger partial charge in [0.15, 0.2) is 0 Å². The number of carboxylic acids is 1. The van der Waals surface area contributed by atoms with Crippen molar-refractivity contribution in [3.63, 3.8) is 0 Å². The first-order valence-corrected chi connectivity index (χ1v) is 7.11. The Morgan fingerprint density at radius 3 is 3.00 bits per heavy atom. The lowest BCUT2D eigenvalue weighted by atomic mass is 10.1. The number of hydrogen-bond acceptors (Lipinski definition) is 4. The minimum atomic E-state index is -0.950. The van der Waals surface area contributed by atoms with Crippen LogP contribution in [0.4, 0.5) is 0 Å². The van der Waals surface area contributed by atoms with Crippen LogP contribution < -0.4 is 0 Å². The van der Waals surface area contributed by atoms with Crippen molar-refractivity contribution in [2.75, 3.05) is 0 Å². The van der Waals surface area contributed by atoms with Crippen LogP contribution in [-0.2, 0) is 6.54 Å². The van der Waals surface area contributed by atoms with Crippen molar-refractivity contribution in [3.8, 4) is 0 Å². The van der Waals surface area contributed by atoms with Gasteiger partial charge < -0.3 is 9.67 Å². The number of nitrogens with zero attached hydrogens (tertiary/aromatic N) is 3. The molecule has 6 heteroatoms. The fourth-order valence-electron chi connectivity index (χ4n) is 2.26. The number of thiazole rings is 1. The van der Waals surface area contributed by atoms with Crippen LogP contribution in [0.3, 0.4) is 0 Å². The largest absolute Gasteiger partial charge is 0.478 e. The number of benzene rings is 1. The molecule has 0 aliphatic rings. The third-order valence-electron chi connectivity index (χ3n) is 3.22. The molecule has 0 radical (unpaired) electrons. The lowest BCUT2D eigenvalue weighted by Gasteiger charge is -2.10. The van der Waals surface area contributed by atoms with Gasteiger partial charge in [0.05, 0.1) is 22.4 Å². The molecular weight excluding hydrogens is 274 g/mol. The van der Waals surface area contributed by atoms with Crippen LogP contribution in [0.15, 0.2) is 36.1 Å². The lowest BCUT2D eigenvalue weighted by Crippen LogP contribution is -2.05. The Kier molecular flexibility index (Phi) is 3.23. The smallest absolute Gasteiger partial charge is 0.337 e. The van der Waals surface area contributed by atoms with E-state index in [0.717, 1.165) is 17.1 Å². The van der Waals surface area contributed by atoms with E-state index in [0.29, 0.717) is 5.52 Å². The van der Waals surface area contributed by atoms with Crippen LogP contribution in [-0.4, -0.2) is 25.6 Å². The lowest BCUT2D eigenvalue weighted by molar-refractivity contribution is 0.0699. The Morgan fingerprint density at radius 2 is 2.30 bits per heavy atom. The number of aromatic carboxylic acids is 1. The number of fused-ring (bicyclic) bond motifs is 1. The highest BCUT2D eigenvalue weighted by atomic mass is 32.1. The van der Waals surface area contributed by atoms with E-state index in [1.54, 1.807) is 36.0 Å². The number of carboxylic acid groups (broad SMARTS) is 1. The summed E-state index contributed by atoms with van der Waals surface area (Å²) in [5.74, 6) is -0.685. The fourth-order valence-corrected chi connectivity index (χ4v) is 2.95. The molecule has 3 rings (SSSR count). The van der Waals surface area contributed by atoms with Crippen LogP contribution in [0.2, 0.25) is 0 Å². The molecule has 102 valence electrons. The van der Waals surface area contributed by atoms with Gasteiger partial charge in [-0.15, -0.1) is 11.3 Å². The summed E-state index contributed by atoms with van der Waals surface area (Å²) in [7, 11) is 0. The number of aromatic nitrogens is 3. The molecular formula is C14H13N3O2S. The molecule has 1 aromatic carbocycles. The van der Waals surface area contributed by atoms with Gasteiger partial charge in [-0.05, 0) is 12.1 Å². The SMILES string of the molecule is CC(Cn1cnc2c(C(=O)O)cccc21)c1nccs1. The van der Waals surface area contributed by atoms with E-state index < -0.39 is 5.97 Å². The van der Waals surface area contributed by atoms with Crippen molar-refractivity contribution in [1.82, 2.24) is 14.5 Å². The fraction of sp³-hybridized carbons (Fsp3) is 0.214. The van der Waals surface area contributed by atoms with Gasteiger partial charge in [-0.2, -0.15) is 0 Å². The molecule has 0 aliphatic carbocycles. The zero-order chi connectivity index (χ0) is 14.1. The Hall–Kier alpha value is -2.21. The second-order valence-electron chi connectivity index (χ2n) is 4.65. The standard InChI is InChI=1S/C14H13N3O2S/c1-9(13-15-5-6-20-13)7-17-8-16-12-10(14(18)19)3-2-4-11(12)17/h2-6,8-9H,7H2,1H3,(H,18,19). The molecule has 0 spiro atoms. The molecule has 1 atom stereocenters. The van der Waals surface area contributed by atoms with Crippen molar-refractivity contribution >= 4 is 28.3 Å². The molecule has 0 saturated heterocycles. The summed E-state index contributed by atoms with van der Waals surface area (Å²) < 4.78 is 1.98. The van der Waals surface area contributed by atoms with Crippen LogP contribution in [0.1, 0.15) is 28.2 Å². The van der Waals surface area contributed by atoms with Crippen molar-refractivity contribution in [1.29, 1.82) is 0 Å². The van der Waals surface area contributed by atoms with Gasteiger partial charge in [0.25, 0.3) is 0 Å². The summed E-state index contributed by atoms with van der Waals surface area (Å²) in [5.41, 5.74) is 1.61. The van der Waals surface area contributed by atoms with Gasteiger partial charge in [-0.3, -0.25) is 0 Å². The van der Waals surface area contributed by atoms with Crippen molar-refractivity contribution in [2.24, 2.45) is 0 Å². The first-order chi connectivity index (χ1) is 9.66. The number of hydrogen-bond donors (Lipinski definition) is 1. The van der Waals surface area contributed by atoms with Crippen LogP contribution in [0.25, 0.3) is 11.0 Å². The summed E-state index contributed by atoms with van der Waals surface area (Å²) in [4.78, 5) is 19.7. The van der Waals surface area contributed by atoms with Crippen molar-refractivity contribution in [2.45, 2.75) is 19.4 Å². The highest BCUT2D eigenvalue weighted by Crippen LogP contribution is 2.23. The zero-order valence-electron chi connectivity index (χ0n) is 10.9. The average Bonchev–Trinajstić information content (AvgIpc) is 3.08. The zero-order valence-corrected chi connectivity index (χ0v) is 11.7. The molecule has 1 N–H and O–H groups in total. The maximum Gasteiger partial charge on any atom is 0.337 e. The molecule has 20 heavy (non-hydrogen) atoms. The van der Waals surface area contributed by atoms with Crippen molar-refractivity contribution in [3.05, 3.63) is 46.7 Å². The number of carbonyl (C=O) groups is 1. The molecule has 2 aromatic heterocycles. The third kappa shape index (κ3) is 2.18. The van der Waals surface area contributed by atoms with Gasteiger partial charge in [0.1, 0.15) is 5.52 Å². The molecule has 0 fully saturated rings. The van der Waals surface area contributed by atoms with E-state index in [1.807, 2.05) is 16.0 Å². The Balaban J connectivity index is 1.97. The van der Waals surface area contributed by atoms with E-state index in [9.17, 15) is 4.79 Å². The maximum absolute atomic E-state index is 11.2. The summed E-state index contributed by atoms with van der Waals surface area (Å²) in [6, 6.07) is 5.22. The average molecular weight is 287 g/mol. The van der Waals surface area contributed by atoms with E-state index in [4.69, 9.17) is 5.11 Å². The first kappa shape index (κ1) is 12.8. The van der Waals surface area contributed by atoms with Crippen LogP contribution in [0.5, 0.6) is 0 Å². The second-order valence-corrected chi connectivity index (χ2v) is 5.57. The summed E-state index contributed by atoms with van der Waals surface area (Å²) >= 11 is 1.63. The second kappa shape index (κ2) is 5.05. The molecule has 0 bridgehead atoms. The molecule has 2 heterocycles. The highest BCUT2D eigenvalue weighted by Gasteiger charge is 2.15. The highest BCUT2D eigenvalue weighted by molar-refractivity contribution is 7.09. The Labute approximate surface area is 119 Å². The first-order valence-electron chi connectivity index (χ1n) is 6.23. The van der Waals surface area contributed by atoms with Gasteiger partial charge in [-0.1, -0.05) is 13.0 Å². The quantitative estimate of drug-likeness (QED) is 0.801. The number of imidazole rings is 1. The summed E-state index contributed by atoms with van der Waals surface area (Å²) in [6.45, 7) is 2.83. The van der Waals surface area contributed by atoms with E-state index >= 15 is 0 Å². The van der Waals surface area contributed by atoms with Gasteiger partial charge in [-0.25, -0.2) is 14.8 Å². The predicted octanol–water partition coefficient (Wildman–Crippen LogP) is 2.99. The molecule has 0 amide bonds. The summed E-state index contributed by atoms with van der Waals surface area (Å²) in [5, 5.41) is 12.2. The normalized spacial score (nSPS) is 12.7.